The third kappa shape index (κ3) is 5.28. The number of benzene rings is 3. The number of aryl methyl sites for hydroxylation is 2. The van der Waals surface area contributed by atoms with Crippen LogP contribution in [0.2, 0.25) is 5.02 Å². The van der Waals surface area contributed by atoms with Gasteiger partial charge in [-0.25, -0.2) is 4.68 Å². The molecule has 1 aromatic heterocycles. The quantitative estimate of drug-likeness (QED) is 0.341. The fourth-order valence-corrected chi connectivity index (χ4v) is 4.12. The molecule has 35 heavy (non-hydrogen) atoms. The molecule has 4 rings (SSSR count). The fraction of sp³-hybridized carbons (Fsp3) is 0.179. The summed E-state index contributed by atoms with van der Waals surface area (Å²) in [6.45, 7) is 7.66. The van der Waals surface area contributed by atoms with Gasteiger partial charge >= 0.3 is 0 Å². The van der Waals surface area contributed by atoms with Crippen LogP contribution in [0.25, 0.3) is 5.69 Å². The predicted octanol–water partition coefficient (Wildman–Crippen LogP) is 6.19. The van der Waals surface area contributed by atoms with Gasteiger partial charge in [-0.05, 0) is 75.2 Å². The zero-order valence-electron chi connectivity index (χ0n) is 20.1. The van der Waals surface area contributed by atoms with E-state index in [9.17, 15) is 9.59 Å². The number of anilines is 2. The normalized spacial score (nSPS) is 10.8. The monoisotopic (exact) mass is 486 g/mol. The zero-order valence-corrected chi connectivity index (χ0v) is 20.9. The lowest BCUT2D eigenvalue weighted by atomic mass is 10.1. The van der Waals surface area contributed by atoms with Crippen molar-refractivity contribution in [2.24, 2.45) is 0 Å². The van der Waals surface area contributed by atoms with Crippen LogP contribution in [0.3, 0.4) is 0 Å². The Morgan fingerprint density at radius 3 is 2.26 bits per heavy atom. The average molecular weight is 487 g/mol. The number of amides is 2. The van der Waals surface area contributed by atoms with Gasteiger partial charge in [0.1, 0.15) is 0 Å². The smallest absolute Gasteiger partial charge is 0.255 e. The van der Waals surface area contributed by atoms with Gasteiger partial charge in [-0.1, -0.05) is 41.9 Å². The Morgan fingerprint density at radius 1 is 0.886 bits per heavy atom. The second-order valence-electron chi connectivity index (χ2n) is 8.52. The van der Waals surface area contributed by atoms with Crippen LogP contribution >= 0.6 is 11.6 Å². The van der Waals surface area contributed by atoms with Crippen LogP contribution in [-0.2, 0) is 11.2 Å². The minimum Gasteiger partial charge on any atom is -0.325 e. The van der Waals surface area contributed by atoms with E-state index in [4.69, 9.17) is 11.6 Å². The van der Waals surface area contributed by atoms with Crippen LogP contribution in [-0.4, -0.2) is 21.6 Å². The van der Waals surface area contributed by atoms with E-state index < -0.39 is 0 Å². The van der Waals surface area contributed by atoms with E-state index in [1.807, 2.05) is 80.9 Å². The number of halogens is 1. The maximum Gasteiger partial charge on any atom is 0.255 e. The van der Waals surface area contributed by atoms with Crippen molar-refractivity contribution in [3.05, 3.63) is 105 Å². The number of carbonyl (C=O) groups is 2. The molecule has 7 heteroatoms. The highest BCUT2D eigenvalue weighted by atomic mass is 35.5. The molecular weight excluding hydrogens is 460 g/mol. The van der Waals surface area contributed by atoms with E-state index in [1.54, 1.807) is 18.2 Å². The van der Waals surface area contributed by atoms with E-state index in [1.165, 1.54) is 0 Å². The van der Waals surface area contributed by atoms with Crippen LogP contribution < -0.4 is 10.6 Å². The topological polar surface area (TPSA) is 76.0 Å². The van der Waals surface area contributed by atoms with Gasteiger partial charge in [-0.2, -0.15) is 5.10 Å². The van der Waals surface area contributed by atoms with Crippen molar-refractivity contribution in [2.45, 2.75) is 34.1 Å². The summed E-state index contributed by atoms with van der Waals surface area (Å²) in [6.07, 6.45) is 0.178. The lowest BCUT2D eigenvalue weighted by Crippen LogP contribution is -2.17. The molecule has 3 aromatic carbocycles. The highest BCUT2D eigenvalue weighted by molar-refractivity contribution is 6.31. The van der Waals surface area contributed by atoms with Crippen molar-refractivity contribution in [2.75, 3.05) is 10.6 Å². The minimum atomic E-state index is -0.202. The van der Waals surface area contributed by atoms with Gasteiger partial charge in [0, 0.05) is 33.2 Å². The number of carbonyl (C=O) groups excluding carboxylic acids is 2. The van der Waals surface area contributed by atoms with Crippen molar-refractivity contribution in [3.63, 3.8) is 0 Å². The van der Waals surface area contributed by atoms with E-state index in [0.717, 1.165) is 33.8 Å². The Morgan fingerprint density at radius 2 is 1.57 bits per heavy atom. The van der Waals surface area contributed by atoms with Crippen molar-refractivity contribution in [1.82, 2.24) is 9.78 Å². The third-order valence-electron chi connectivity index (χ3n) is 6.07. The Labute approximate surface area is 209 Å². The standard InChI is InChI=1S/C28H27ClN4O2/c1-17-13-14-22(15-24(17)29)33-20(4)23(19(3)32-33)16-27(34)30-25-11-8-12-26(18(25)2)31-28(35)21-9-6-5-7-10-21/h5-15H,16H2,1-4H3,(H,30,34)(H,31,35). The fourth-order valence-electron chi connectivity index (χ4n) is 3.94. The Bertz CT molecular complexity index is 1410. The SMILES string of the molecule is Cc1ccc(-n2nc(C)c(CC(=O)Nc3cccc(NC(=O)c4ccccc4)c3C)c2C)cc1Cl. The van der Waals surface area contributed by atoms with Crippen molar-refractivity contribution >= 4 is 34.8 Å². The molecule has 0 spiro atoms. The first-order valence-corrected chi connectivity index (χ1v) is 11.7. The largest absolute Gasteiger partial charge is 0.325 e. The van der Waals surface area contributed by atoms with Gasteiger partial charge in [0.15, 0.2) is 0 Å². The van der Waals surface area contributed by atoms with Crippen LogP contribution in [0, 0.1) is 27.7 Å². The second kappa shape index (κ2) is 10.2. The molecule has 0 fully saturated rings. The molecule has 6 nitrogen and oxygen atoms in total. The first-order valence-electron chi connectivity index (χ1n) is 11.3. The number of hydrogen-bond acceptors (Lipinski definition) is 3. The third-order valence-corrected chi connectivity index (χ3v) is 6.48. The average Bonchev–Trinajstić information content (AvgIpc) is 3.12. The molecule has 0 saturated carbocycles. The molecule has 0 saturated heterocycles. The van der Waals surface area contributed by atoms with Gasteiger partial charge in [-0.15, -0.1) is 0 Å². The van der Waals surface area contributed by atoms with Gasteiger partial charge in [0.25, 0.3) is 5.91 Å². The summed E-state index contributed by atoms with van der Waals surface area (Å²) in [7, 11) is 0. The highest BCUT2D eigenvalue weighted by Gasteiger charge is 2.18. The van der Waals surface area contributed by atoms with Gasteiger partial charge in [-0.3, -0.25) is 9.59 Å². The molecule has 0 unspecified atom stereocenters. The summed E-state index contributed by atoms with van der Waals surface area (Å²) in [5, 5.41) is 11.2. The summed E-state index contributed by atoms with van der Waals surface area (Å²) in [6, 6.07) is 20.2. The highest BCUT2D eigenvalue weighted by Crippen LogP contribution is 2.26. The molecule has 178 valence electrons. The van der Waals surface area contributed by atoms with Crippen molar-refractivity contribution in [1.29, 1.82) is 0 Å². The molecule has 2 amide bonds. The van der Waals surface area contributed by atoms with Crippen LogP contribution in [0.1, 0.15) is 38.4 Å². The van der Waals surface area contributed by atoms with Gasteiger partial charge in [0.2, 0.25) is 5.91 Å². The number of rotatable bonds is 6. The maximum absolute atomic E-state index is 13.0. The Balaban J connectivity index is 1.50. The van der Waals surface area contributed by atoms with Crippen LogP contribution in [0.4, 0.5) is 11.4 Å². The molecular formula is C28H27ClN4O2. The van der Waals surface area contributed by atoms with Gasteiger partial charge in [0.05, 0.1) is 17.8 Å². The van der Waals surface area contributed by atoms with Crippen molar-refractivity contribution in [3.8, 4) is 5.69 Å². The van der Waals surface area contributed by atoms with Crippen LogP contribution in [0.15, 0.2) is 66.7 Å². The molecule has 0 atom stereocenters. The van der Waals surface area contributed by atoms with E-state index in [0.29, 0.717) is 22.0 Å². The lowest BCUT2D eigenvalue weighted by molar-refractivity contribution is -0.115. The minimum absolute atomic E-state index is 0.160. The Kier molecular flexibility index (Phi) is 7.03. The molecule has 1 heterocycles. The first kappa shape index (κ1) is 24.2. The summed E-state index contributed by atoms with van der Waals surface area (Å²) in [5.41, 5.74) is 7.03. The molecule has 0 bridgehead atoms. The van der Waals surface area contributed by atoms with Crippen molar-refractivity contribution < 1.29 is 9.59 Å². The number of hydrogen-bond donors (Lipinski definition) is 2. The summed E-state index contributed by atoms with van der Waals surface area (Å²) in [5.74, 6) is -0.362. The summed E-state index contributed by atoms with van der Waals surface area (Å²) >= 11 is 6.30. The van der Waals surface area contributed by atoms with E-state index >= 15 is 0 Å². The number of nitrogens with zero attached hydrogens (tertiary/aromatic N) is 2. The number of aromatic nitrogens is 2. The molecule has 2 N–H and O–H groups in total. The summed E-state index contributed by atoms with van der Waals surface area (Å²) in [4.78, 5) is 25.5. The molecule has 0 aliphatic heterocycles. The molecule has 0 aliphatic rings. The zero-order chi connectivity index (χ0) is 25.1. The first-order chi connectivity index (χ1) is 16.7. The predicted molar refractivity (Wildman–Crippen MR) is 141 cm³/mol. The maximum atomic E-state index is 13.0. The lowest BCUT2D eigenvalue weighted by Gasteiger charge is -2.14. The van der Waals surface area contributed by atoms with E-state index in [-0.39, 0.29) is 18.2 Å². The number of nitrogens with one attached hydrogen (secondary N) is 2. The molecule has 0 radical (unpaired) electrons. The molecule has 4 aromatic rings. The second-order valence-corrected chi connectivity index (χ2v) is 8.93. The Hall–Kier alpha value is -3.90. The van der Waals surface area contributed by atoms with Gasteiger partial charge < -0.3 is 10.6 Å². The van der Waals surface area contributed by atoms with E-state index in [2.05, 4.69) is 15.7 Å². The molecule has 0 aliphatic carbocycles. The summed E-state index contributed by atoms with van der Waals surface area (Å²) < 4.78 is 1.81. The van der Waals surface area contributed by atoms with Crippen LogP contribution in [0.5, 0.6) is 0 Å².